The van der Waals surface area contributed by atoms with Gasteiger partial charge in [0.25, 0.3) is 0 Å². The van der Waals surface area contributed by atoms with Crippen LogP contribution < -0.4 is 16.4 Å². The van der Waals surface area contributed by atoms with Crippen LogP contribution in [0.4, 0.5) is 17.1 Å². The number of hydrogen-bond donors (Lipinski definition) is 3. The molecule has 0 saturated heterocycles. The highest BCUT2D eigenvalue weighted by molar-refractivity contribution is 8.15. The second-order valence-electron chi connectivity index (χ2n) is 6.41. The molecule has 140 valence electrons. The summed E-state index contributed by atoms with van der Waals surface area (Å²) in [7, 11) is 0. The van der Waals surface area contributed by atoms with Gasteiger partial charge in [-0.25, -0.2) is 4.99 Å². The maximum Gasteiger partial charge on any atom is 0.248 e. The Morgan fingerprint density at radius 2 is 1.79 bits per heavy atom. The summed E-state index contributed by atoms with van der Waals surface area (Å²) in [5, 5.41) is 8.67. The van der Waals surface area contributed by atoms with Crippen molar-refractivity contribution in [1.82, 2.24) is 0 Å². The molecule has 0 unspecified atom stereocenters. The molecule has 0 spiro atoms. The minimum Gasteiger partial charge on any atom is -0.366 e. The summed E-state index contributed by atoms with van der Waals surface area (Å²) in [6.45, 7) is 1.82. The topological polar surface area (TPSA) is 96.6 Å². The van der Waals surface area contributed by atoms with E-state index in [4.69, 9.17) is 5.73 Å². The van der Waals surface area contributed by atoms with Gasteiger partial charge in [-0.05, 0) is 48.7 Å². The van der Waals surface area contributed by atoms with Crippen LogP contribution in [0, 0.1) is 0 Å². The highest BCUT2D eigenvalue weighted by Crippen LogP contribution is 2.37. The maximum absolute atomic E-state index is 12.5. The van der Waals surface area contributed by atoms with Gasteiger partial charge in [0.05, 0.1) is 16.6 Å². The molecule has 1 atom stereocenters. The lowest BCUT2D eigenvalue weighted by Gasteiger charge is -2.20. The molecule has 4 N–H and O–H groups in total. The summed E-state index contributed by atoms with van der Waals surface area (Å²) in [5.74, 6) is -0.656. The fourth-order valence-electron chi connectivity index (χ4n) is 3.01. The minimum atomic E-state index is -0.501. The van der Waals surface area contributed by atoms with Crippen LogP contribution in [0.3, 0.4) is 0 Å². The fourth-order valence-corrected chi connectivity index (χ4v) is 3.83. The van der Waals surface area contributed by atoms with Crippen LogP contribution in [0.5, 0.6) is 0 Å². The van der Waals surface area contributed by atoms with Crippen molar-refractivity contribution >= 4 is 56.6 Å². The van der Waals surface area contributed by atoms with Gasteiger partial charge >= 0.3 is 0 Å². The number of carbonyl (C=O) groups is 2. The van der Waals surface area contributed by atoms with Crippen molar-refractivity contribution in [3.05, 3.63) is 66.2 Å². The maximum atomic E-state index is 12.5. The van der Waals surface area contributed by atoms with E-state index in [1.807, 2.05) is 31.2 Å². The van der Waals surface area contributed by atoms with E-state index in [0.717, 1.165) is 22.1 Å². The van der Waals surface area contributed by atoms with E-state index in [1.54, 1.807) is 24.3 Å². The number of amides is 2. The number of hydrogen-bond acceptors (Lipinski definition) is 5. The van der Waals surface area contributed by atoms with Gasteiger partial charge in [0.1, 0.15) is 0 Å². The molecule has 0 bridgehead atoms. The summed E-state index contributed by atoms with van der Waals surface area (Å²) in [5.41, 5.74) is 8.11. The van der Waals surface area contributed by atoms with Crippen molar-refractivity contribution in [1.29, 1.82) is 0 Å². The largest absolute Gasteiger partial charge is 0.366 e. The van der Waals surface area contributed by atoms with Crippen molar-refractivity contribution in [2.75, 3.05) is 10.6 Å². The zero-order chi connectivity index (χ0) is 19.7. The Morgan fingerprint density at radius 3 is 2.50 bits per heavy atom. The van der Waals surface area contributed by atoms with Crippen LogP contribution in [0.2, 0.25) is 0 Å². The number of anilines is 2. The SMILES string of the molecule is C[C@@H](SC1=Nc2cccc3cccc(c23)N1)C(=O)Nc1ccc(C(N)=O)cc1. The van der Waals surface area contributed by atoms with Gasteiger partial charge in [0, 0.05) is 16.6 Å². The smallest absolute Gasteiger partial charge is 0.248 e. The predicted octanol–water partition coefficient (Wildman–Crippen LogP) is 4.11. The van der Waals surface area contributed by atoms with Crippen LogP contribution in [0.25, 0.3) is 10.8 Å². The number of thioether (sulfide) groups is 1. The molecule has 1 heterocycles. The molecule has 0 radical (unpaired) electrons. The van der Waals surface area contributed by atoms with E-state index < -0.39 is 5.91 Å². The number of nitrogens with two attached hydrogens (primary N) is 1. The Morgan fingerprint density at radius 1 is 1.07 bits per heavy atom. The Labute approximate surface area is 166 Å². The van der Waals surface area contributed by atoms with Gasteiger partial charge in [0.15, 0.2) is 5.17 Å². The Bertz CT molecular complexity index is 1100. The van der Waals surface area contributed by atoms with E-state index >= 15 is 0 Å². The molecule has 0 aromatic heterocycles. The Hall–Kier alpha value is -3.32. The standard InChI is InChI=1S/C21H18N4O2S/c1-12(20(27)23-15-10-8-14(9-11-15)19(22)26)28-21-24-16-6-2-4-13-5-3-7-17(25-21)18(13)16/h2-12H,1H3,(H2,22,26)(H,23,27)(H,24,25)/t12-/m1/s1. The monoisotopic (exact) mass is 390 g/mol. The molecule has 0 fully saturated rings. The molecule has 1 aliphatic rings. The summed E-state index contributed by atoms with van der Waals surface area (Å²) in [4.78, 5) is 28.3. The number of nitrogens with one attached hydrogen (secondary N) is 2. The number of benzene rings is 3. The van der Waals surface area contributed by atoms with Crippen molar-refractivity contribution in [2.24, 2.45) is 10.7 Å². The average Bonchev–Trinajstić information content (AvgIpc) is 2.68. The van der Waals surface area contributed by atoms with Gasteiger partial charge in [-0.15, -0.1) is 0 Å². The van der Waals surface area contributed by atoms with Crippen molar-refractivity contribution in [3.8, 4) is 0 Å². The first-order chi connectivity index (χ1) is 13.5. The van der Waals surface area contributed by atoms with Crippen LogP contribution in [0.1, 0.15) is 17.3 Å². The number of primary amides is 1. The zero-order valence-electron chi connectivity index (χ0n) is 15.1. The predicted molar refractivity (Wildman–Crippen MR) is 115 cm³/mol. The van der Waals surface area contributed by atoms with Crippen molar-refractivity contribution < 1.29 is 9.59 Å². The molecule has 28 heavy (non-hydrogen) atoms. The molecular weight excluding hydrogens is 372 g/mol. The van der Waals surface area contributed by atoms with E-state index in [9.17, 15) is 9.59 Å². The van der Waals surface area contributed by atoms with Gasteiger partial charge in [-0.3, -0.25) is 9.59 Å². The summed E-state index contributed by atoms with van der Waals surface area (Å²) >= 11 is 1.36. The van der Waals surface area contributed by atoms with E-state index in [1.165, 1.54) is 11.8 Å². The highest BCUT2D eigenvalue weighted by Gasteiger charge is 2.20. The van der Waals surface area contributed by atoms with Crippen LogP contribution in [-0.4, -0.2) is 22.2 Å². The fraction of sp³-hybridized carbons (Fsp3) is 0.0952. The third-order valence-corrected chi connectivity index (χ3v) is 5.43. The van der Waals surface area contributed by atoms with Gasteiger partial charge in [0.2, 0.25) is 11.8 Å². The molecule has 7 heteroatoms. The number of carbonyl (C=O) groups excluding carboxylic acids is 2. The third-order valence-electron chi connectivity index (χ3n) is 4.44. The second-order valence-corrected chi connectivity index (χ2v) is 7.74. The average molecular weight is 390 g/mol. The summed E-state index contributed by atoms with van der Waals surface area (Å²) in [6, 6.07) is 18.5. The van der Waals surface area contributed by atoms with Crippen LogP contribution in [-0.2, 0) is 4.79 Å². The van der Waals surface area contributed by atoms with Gasteiger partial charge in [-0.2, -0.15) is 0 Å². The van der Waals surface area contributed by atoms with Crippen molar-refractivity contribution in [2.45, 2.75) is 12.2 Å². The molecule has 0 saturated carbocycles. The minimum absolute atomic E-state index is 0.154. The lowest BCUT2D eigenvalue weighted by atomic mass is 10.1. The number of rotatable bonds is 4. The lowest BCUT2D eigenvalue weighted by Crippen LogP contribution is -2.26. The van der Waals surface area contributed by atoms with Gasteiger partial charge < -0.3 is 16.4 Å². The number of amidine groups is 1. The quantitative estimate of drug-likeness (QED) is 0.624. The van der Waals surface area contributed by atoms with Crippen molar-refractivity contribution in [3.63, 3.8) is 0 Å². The molecule has 6 nitrogen and oxygen atoms in total. The van der Waals surface area contributed by atoms with E-state index in [-0.39, 0.29) is 11.2 Å². The molecule has 3 aromatic carbocycles. The first-order valence-electron chi connectivity index (χ1n) is 8.76. The second kappa shape index (κ2) is 7.36. The molecule has 0 aliphatic carbocycles. The van der Waals surface area contributed by atoms with E-state index in [2.05, 4.69) is 27.8 Å². The Balaban J connectivity index is 1.47. The lowest BCUT2D eigenvalue weighted by molar-refractivity contribution is -0.115. The molecule has 2 amide bonds. The van der Waals surface area contributed by atoms with E-state index in [0.29, 0.717) is 16.4 Å². The number of nitrogens with zero attached hydrogens (tertiary/aromatic N) is 1. The first kappa shape index (κ1) is 18.1. The molecule has 1 aliphatic heterocycles. The van der Waals surface area contributed by atoms with Crippen LogP contribution >= 0.6 is 11.8 Å². The Kier molecular flexibility index (Phi) is 4.75. The van der Waals surface area contributed by atoms with Crippen LogP contribution in [0.15, 0.2) is 65.7 Å². The zero-order valence-corrected chi connectivity index (χ0v) is 15.9. The first-order valence-corrected chi connectivity index (χ1v) is 9.64. The molecule has 4 rings (SSSR count). The number of aliphatic imine (C=N–C) groups is 1. The van der Waals surface area contributed by atoms with Gasteiger partial charge in [-0.1, -0.05) is 36.0 Å². The highest BCUT2D eigenvalue weighted by atomic mass is 32.2. The molecule has 3 aromatic rings. The summed E-state index contributed by atoms with van der Waals surface area (Å²) in [6.07, 6.45) is 0. The molecular formula is C21H18N4O2S. The third kappa shape index (κ3) is 3.57. The normalized spacial score (nSPS) is 13.4. The summed E-state index contributed by atoms with van der Waals surface area (Å²) < 4.78 is 0.